The first kappa shape index (κ1) is 10.2. The van der Waals surface area contributed by atoms with Crippen molar-refractivity contribution in [3.05, 3.63) is 33.8 Å². The molecule has 0 amide bonds. The highest BCUT2D eigenvalue weighted by molar-refractivity contribution is 6.30. The molecule has 0 saturated heterocycles. The van der Waals surface area contributed by atoms with Gasteiger partial charge in [0.05, 0.1) is 0 Å². The zero-order valence-electron chi connectivity index (χ0n) is 5.88. The molecule has 1 rings (SSSR count). The van der Waals surface area contributed by atoms with Crippen molar-refractivity contribution in [1.82, 2.24) is 0 Å². The molecule has 0 fully saturated rings. The Hall–Kier alpha value is -0.780. The summed E-state index contributed by atoms with van der Waals surface area (Å²) in [5.74, 6) is 0. The van der Waals surface area contributed by atoms with Crippen LogP contribution in [0.1, 0.15) is 5.56 Å². The Morgan fingerprint density at radius 2 is 2.09 bits per heavy atom. The van der Waals surface area contributed by atoms with Crippen LogP contribution in [-0.2, 0) is 0 Å². The van der Waals surface area contributed by atoms with Gasteiger partial charge in [-0.2, -0.15) is 0 Å². The predicted octanol–water partition coefficient (Wildman–Crippen LogP) is 0.137. The number of aryl methyl sites for hydroxylation is 1. The Morgan fingerprint density at radius 3 is 2.55 bits per heavy atom. The van der Waals surface area contributed by atoms with Crippen molar-refractivity contribution in [2.24, 2.45) is 0 Å². The molecule has 58 valence electrons. The van der Waals surface area contributed by atoms with E-state index in [1.807, 2.05) is 6.92 Å². The van der Waals surface area contributed by atoms with E-state index in [0.717, 1.165) is 5.56 Å². The lowest BCUT2D eigenvalue weighted by Gasteiger charge is -1.86. The third kappa shape index (κ3) is 2.38. The van der Waals surface area contributed by atoms with E-state index < -0.39 is 0 Å². The Morgan fingerprint density at radius 1 is 1.45 bits per heavy atom. The van der Waals surface area contributed by atoms with Crippen molar-refractivity contribution in [3.63, 3.8) is 0 Å². The van der Waals surface area contributed by atoms with Crippen LogP contribution in [-0.4, -0.2) is 0 Å². The normalized spacial score (nSPS) is 8.09. The van der Waals surface area contributed by atoms with Crippen LogP contribution in [0.25, 0.3) is 4.98 Å². The van der Waals surface area contributed by atoms with Crippen LogP contribution in [0.4, 0.5) is 5.69 Å². The number of halogens is 2. The lowest BCUT2D eigenvalue weighted by Crippen LogP contribution is -3.00. The van der Waals surface area contributed by atoms with Gasteiger partial charge < -0.3 is 12.4 Å². The molecule has 0 aromatic heterocycles. The van der Waals surface area contributed by atoms with Gasteiger partial charge in [-0.15, -0.1) is 0 Å². The van der Waals surface area contributed by atoms with Crippen LogP contribution in [0.5, 0.6) is 0 Å². The lowest BCUT2D eigenvalue weighted by atomic mass is 10.2. The summed E-state index contributed by atoms with van der Waals surface area (Å²) in [6.07, 6.45) is 0. The van der Waals surface area contributed by atoms with E-state index in [1.54, 1.807) is 18.2 Å². The van der Waals surface area contributed by atoms with Gasteiger partial charge in [0.1, 0.15) is 0 Å². The first-order valence-corrected chi connectivity index (χ1v) is 3.23. The first-order valence-electron chi connectivity index (χ1n) is 2.85. The van der Waals surface area contributed by atoms with Crippen molar-refractivity contribution in [3.8, 4) is 0 Å². The largest absolute Gasteiger partial charge is 1.00 e. The van der Waals surface area contributed by atoms with Crippen LogP contribution in [0, 0.1) is 12.3 Å². The molecule has 0 aliphatic carbocycles. The van der Waals surface area contributed by atoms with E-state index in [-0.39, 0.29) is 12.4 Å². The highest BCUT2D eigenvalue weighted by Gasteiger charge is 2.07. The molecule has 1 aromatic carbocycles. The molecule has 0 aliphatic rings. The minimum Gasteiger partial charge on any atom is -1.00 e. The maximum Gasteiger partial charge on any atom is 0.388 e. The molecule has 0 radical (unpaired) electrons. The fourth-order valence-electron chi connectivity index (χ4n) is 0.731. The van der Waals surface area contributed by atoms with Crippen molar-refractivity contribution < 1.29 is 12.4 Å². The molecule has 0 N–H and O–H groups in total. The van der Waals surface area contributed by atoms with Crippen molar-refractivity contribution in [2.45, 2.75) is 6.92 Å². The molecular weight excluding hydrogens is 183 g/mol. The Balaban J connectivity index is 0.000001000. The molecule has 1 aromatic rings. The molecule has 0 unspecified atom stereocenters. The summed E-state index contributed by atoms with van der Waals surface area (Å²) in [5.41, 5.74) is 1.43. The number of rotatable bonds is 0. The van der Waals surface area contributed by atoms with Gasteiger partial charge >= 0.3 is 5.69 Å². The van der Waals surface area contributed by atoms with E-state index in [1.165, 1.54) is 0 Å². The monoisotopic (exact) mass is 188 g/mol. The molecular formula is C7H6Cl2N2. The average Bonchev–Trinajstić information content (AvgIpc) is 1.88. The van der Waals surface area contributed by atoms with Gasteiger partial charge in [-0.25, -0.2) is 0 Å². The second kappa shape index (κ2) is 4.17. The van der Waals surface area contributed by atoms with Crippen molar-refractivity contribution >= 4 is 17.3 Å². The maximum atomic E-state index is 8.39. The number of nitrogens with zero attached hydrogens (tertiary/aromatic N) is 2. The smallest absolute Gasteiger partial charge is 0.388 e. The van der Waals surface area contributed by atoms with Gasteiger partial charge in [0.15, 0.2) is 4.98 Å². The quantitative estimate of drug-likeness (QED) is 0.533. The van der Waals surface area contributed by atoms with Gasteiger partial charge in [-0.1, -0.05) is 11.6 Å². The summed E-state index contributed by atoms with van der Waals surface area (Å²) in [5, 5.41) is 9.05. The fraction of sp³-hybridized carbons (Fsp3) is 0.143. The third-order valence-electron chi connectivity index (χ3n) is 1.27. The van der Waals surface area contributed by atoms with Crippen LogP contribution < -0.4 is 12.4 Å². The highest BCUT2D eigenvalue weighted by atomic mass is 35.5. The first-order chi connectivity index (χ1) is 4.74. The standard InChI is InChI=1S/C7H6ClN2.ClH/c1-5-4-6(8)2-3-7(5)10-9;/h2-4H,1H3;1H/q+1;/p-1. The SMILES string of the molecule is Cc1cc(Cl)ccc1[N+]#N.[Cl-]. The van der Waals surface area contributed by atoms with Crippen molar-refractivity contribution in [2.75, 3.05) is 0 Å². The fourth-order valence-corrected chi connectivity index (χ4v) is 0.958. The molecule has 0 spiro atoms. The summed E-state index contributed by atoms with van der Waals surface area (Å²) in [6, 6.07) is 5.10. The summed E-state index contributed by atoms with van der Waals surface area (Å²) in [6.45, 7) is 1.83. The Bertz CT molecular complexity index is 291. The molecule has 0 saturated carbocycles. The molecule has 2 nitrogen and oxygen atoms in total. The summed E-state index contributed by atoms with van der Waals surface area (Å²) < 4.78 is 0. The zero-order chi connectivity index (χ0) is 7.56. The van der Waals surface area contributed by atoms with Gasteiger partial charge in [-0.05, 0) is 19.1 Å². The lowest BCUT2D eigenvalue weighted by molar-refractivity contribution is -0.00000224. The molecule has 0 bridgehead atoms. The van der Waals surface area contributed by atoms with Gasteiger partial charge in [0.25, 0.3) is 0 Å². The van der Waals surface area contributed by atoms with Crippen LogP contribution in [0.15, 0.2) is 18.2 Å². The number of benzene rings is 1. The van der Waals surface area contributed by atoms with Crippen LogP contribution in [0.3, 0.4) is 0 Å². The zero-order valence-corrected chi connectivity index (χ0v) is 7.39. The number of hydrogen-bond donors (Lipinski definition) is 0. The van der Waals surface area contributed by atoms with E-state index in [2.05, 4.69) is 4.98 Å². The topological polar surface area (TPSA) is 28.1 Å². The van der Waals surface area contributed by atoms with Gasteiger partial charge in [-0.3, -0.25) is 0 Å². The van der Waals surface area contributed by atoms with E-state index in [0.29, 0.717) is 10.7 Å². The minimum atomic E-state index is 0. The molecule has 0 aliphatic heterocycles. The predicted molar refractivity (Wildman–Crippen MR) is 40.9 cm³/mol. The van der Waals surface area contributed by atoms with Crippen molar-refractivity contribution in [1.29, 1.82) is 5.39 Å². The summed E-state index contributed by atoms with van der Waals surface area (Å²) >= 11 is 5.65. The number of diazo groups is 1. The van der Waals surface area contributed by atoms with E-state index in [4.69, 9.17) is 17.0 Å². The van der Waals surface area contributed by atoms with E-state index in [9.17, 15) is 0 Å². The van der Waals surface area contributed by atoms with Crippen LogP contribution in [0.2, 0.25) is 5.02 Å². The number of hydrogen-bond acceptors (Lipinski definition) is 1. The molecule has 0 heterocycles. The van der Waals surface area contributed by atoms with E-state index >= 15 is 0 Å². The minimum absolute atomic E-state index is 0. The summed E-state index contributed by atoms with van der Waals surface area (Å²) in [7, 11) is 0. The summed E-state index contributed by atoms with van der Waals surface area (Å²) in [4.78, 5) is 3.05. The van der Waals surface area contributed by atoms with Crippen LogP contribution >= 0.6 is 11.6 Å². The molecule has 0 atom stereocenters. The average molecular weight is 189 g/mol. The van der Waals surface area contributed by atoms with Gasteiger partial charge in [0.2, 0.25) is 5.39 Å². The Labute approximate surface area is 76.2 Å². The maximum absolute atomic E-state index is 8.39. The highest BCUT2D eigenvalue weighted by Crippen LogP contribution is 2.21. The van der Waals surface area contributed by atoms with Gasteiger partial charge in [0, 0.05) is 16.7 Å². The second-order valence-corrected chi connectivity index (χ2v) is 2.47. The molecule has 11 heavy (non-hydrogen) atoms. The molecule has 4 heteroatoms. The second-order valence-electron chi connectivity index (χ2n) is 2.03. The Kier molecular flexibility index (Phi) is 3.88. The third-order valence-corrected chi connectivity index (χ3v) is 1.50.